The van der Waals surface area contributed by atoms with Crippen LogP contribution in [0, 0.1) is 10.1 Å². The fraction of sp³-hybridized carbons (Fsp3) is 0.200. The Kier molecular flexibility index (Phi) is 4.61. The van der Waals surface area contributed by atoms with Crippen molar-refractivity contribution in [3.8, 4) is 5.75 Å². The van der Waals surface area contributed by atoms with Crippen molar-refractivity contribution in [3.63, 3.8) is 0 Å². The molecule has 8 heteroatoms. The largest absolute Gasteiger partial charge is 0.868 e. The van der Waals surface area contributed by atoms with E-state index in [-0.39, 0.29) is 6.61 Å². The van der Waals surface area contributed by atoms with Crippen LogP contribution in [0.1, 0.15) is 12.5 Å². The fourth-order valence-electron chi connectivity index (χ4n) is 1.08. The Morgan fingerprint density at radius 3 is 2.94 bits per heavy atom. The molecule has 1 amide bonds. The Morgan fingerprint density at radius 1 is 1.61 bits per heavy atom. The normalized spacial score (nSPS) is 10.3. The lowest BCUT2D eigenvalue weighted by Crippen LogP contribution is -2.18. The Bertz CT molecular complexity index is 486. The summed E-state index contributed by atoms with van der Waals surface area (Å²) < 4.78 is 4.54. The van der Waals surface area contributed by atoms with Gasteiger partial charge < -0.3 is 9.84 Å². The monoisotopic (exact) mass is 252 g/mol. The van der Waals surface area contributed by atoms with Gasteiger partial charge in [0.2, 0.25) is 0 Å². The quantitative estimate of drug-likeness (QED) is 0.482. The van der Waals surface area contributed by atoms with Crippen molar-refractivity contribution in [2.24, 2.45) is 5.10 Å². The second kappa shape index (κ2) is 6.18. The van der Waals surface area contributed by atoms with Crippen LogP contribution in [0.2, 0.25) is 0 Å². The number of hydrogen-bond donors (Lipinski definition) is 1. The topological polar surface area (TPSA) is 117 Å². The summed E-state index contributed by atoms with van der Waals surface area (Å²) in [6.45, 7) is 1.84. The van der Waals surface area contributed by atoms with Crippen molar-refractivity contribution in [2.75, 3.05) is 6.61 Å². The molecule has 96 valence electrons. The average Bonchev–Trinajstić information content (AvgIpc) is 2.31. The lowest BCUT2D eigenvalue weighted by Gasteiger charge is -2.05. The van der Waals surface area contributed by atoms with Gasteiger partial charge in [0.25, 0.3) is 5.69 Å². The van der Waals surface area contributed by atoms with E-state index >= 15 is 0 Å². The summed E-state index contributed by atoms with van der Waals surface area (Å²) in [5, 5.41) is 25.1. The van der Waals surface area contributed by atoms with E-state index in [0.717, 1.165) is 12.1 Å². The molecule has 0 aromatic heterocycles. The lowest BCUT2D eigenvalue weighted by molar-refractivity contribution is -0.398. The molecule has 0 fully saturated rings. The van der Waals surface area contributed by atoms with E-state index in [9.17, 15) is 20.0 Å². The predicted octanol–water partition coefficient (Wildman–Crippen LogP) is 0.748. The van der Waals surface area contributed by atoms with Gasteiger partial charge in [-0.3, -0.25) is 10.1 Å². The van der Waals surface area contributed by atoms with E-state index in [1.54, 1.807) is 6.92 Å². The van der Waals surface area contributed by atoms with E-state index in [2.05, 4.69) is 15.3 Å². The van der Waals surface area contributed by atoms with Crippen LogP contribution in [0.25, 0.3) is 0 Å². The van der Waals surface area contributed by atoms with E-state index in [1.807, 2.05) is 0 Å². The molecular weight excluding hydrogens is 242 g/mol. The summed E-state index contributed by atoms with van der Waals surface area (Å²) >= 11 is 0. The van der Waals surface area contributed by atoms with Gasteiger partial charge in [-0.05, 0) is 12.7 Å². The minimum atomic E-state index is -0.779. The maximum absolute atomic E-state index is 11.1. The number of nitro benzene ring substituents is 1. The van der Waals surface area contributed by atoms with Crippen LogP contribution in [-0.2, 0) is 4.74 Å². The minimum absolute atomic E-state index is 0.206. The molecule has 1 rings (SSSR count). The van der Waals surface area contributed by atoms with Crippen LogP contribution in [-0.4, -0.2) is 23.8 Å². The highest BCUT2D eigenvalue weighted by Gasteiger charge is 2.06. The molecule has 1 aromatic carbocycles. The molecule has 1 N–H and O–H groups in total. The molecule has 0 unspecified atom stereocenters. The zero-order valence-electron chi connectivity index (χ0n) is 9.45. The zero-order chi connectivity index (χ0) is 13.5. The molecule has 0 atom stereocenters. The Hall–Kier alpha value is -2.64. The molecule has 0 bridgehead atoms. The van der Waals surface area contributed by atoms with Crippen LogP contribution in [0.3, 0.4) is 0 Å². The van der Waals surface area contributed by atoms with Gasteiger partial charge in [0.05, 0.1) is 17.7 Å². The molecule has 0 saturated heterocycles. The number of hydrogen-bond acceptors (Lipinski definition) is 6. The average molecular weight is 252 g/mol. The Balaban J connectivity index is 2.73. The minimum Gasteiger partial charge on any atom is -0.868 e. The Morgan fingerprint density at radius 2 is 2.33 bits per heavy atom. The molecule has 0 heterocycles. The number of amides is 1. The lowest BCUT2D eigenvalue weighted by atomic mass is 10.2. The molecule has 0 radical (unpaired) electrons. The number of carbonyl (C=O) groups is 1. The number of nitro groups is 1. The zero-order valence-corrected chi connectivity index (χ0v) is 9.45. The van der Waals surface area contributed by atoms with Crippen molar-refractivity contribution in [1.29, 1.82) is 0 Å². The van der Waals surface area contributed by atoms with Crippen LogP contribution in [0.4, 0.5) is 10.5 Å². The van der Waals surface area contributed by atoms with Gasteiger partial charge in [0.15, 0.2) is 0 Å². The summed E-state index contributed by atoms with van der Waals surface area (Å²) in [6.07, 6.45) is 0.437. The fourth-order valence-corrected chi connectivity index (χ4v) is 1.08. The van der Waals surface area contributed by atoms with Crippen LogP contribution in [0.5, 0.6) is 5.75 Å². The van der Waals surface area contributed by atoms with Gasteiger partial charge in [-0.1, -0.05) is 12.1 Å². The number of nitrogens with zero attached hydrogens (tertiary/aromatic N) is 2. The maximum atomic E-state index is 11.1. The van der Waals surface area contributed by atoms with Crippen molar-refractivity contribution in [1.82, 2.24) is 5.43 Å². The van der Waals surface area contributed by atoms with Gasteiger partial charge in [-0.25, -0.2) is 10.2 Å². The van der Waals surface area contributed by atoms with Crippen LogP contribution in [0.15, 0.2) is 23.3 Å². The Labute approximate surface area is 102 Å². The second-order valence-corrected chi connectivity index (χ2v) is 3.07. The van der Waals surface area contributed by atoms with Gasteiger partial charge in [-0.15, -0.1) is 0 Å². The van der Waals surface area contributed by atoms with Gasteiger partial charge in [0, 0.05) is 11.6 Å². The molecular formula is C10H10N3O5-. The predicted molar refractivity (Wildman–Crippen MR) is 60.3 cm³/mol. The van der Waals surface area contributed by atoms with Crippen molar-refractivity contribution >= 4 is 18.0 Å². The summed E-state index contributed by atoms with van der Waals surface area (Å²) in [6, 6.07) is 3.48. The van der Waals surface area contributed by atoms with E-state index < -0.39 is 22.5 Å². The molecule has 0 spiro atoms. The maximum Gasteiger partial charge on any atom is 0.427 e. The highest BCUT2D eigenvalue weighted by Crippen LogP contribution is 2.22. The van der Waals surface area contributed by atoms with Crippen molar-refractivity contribution < 1.29 is 19.6 Å². The number of rotatable bonds is 4. The first-order valence-electron chi connectivity index (χ1n) is 4.96. The smallest absolute Gasteiger partial charge is 0.427 e. The van der Waals surface area contributed by atoms with E-state index in [1.165, 1.54) is 12.3 Å². The first-order valence-corrected chi connectivity index (χ1v) is 4.96. The van der Waals surface area contributed by atoms with Crippen molar-refractivity contribution in [2.45, 2.75) is 6.92 Å². The number of ether oxygens (including phenoxy) is 1. The molecule has 0 saturated carbocycles. The highest BCUT2D eigenvalue weighted by molar-refractivity contribution is 5.82. The third kappa shape index (κ3) is 3.74. The molecule has 0 aliphatic heterocycles. The summed E-state index contributed by atoms with van der Waals surface area (Å²) in [7, 11) is 0. The third-order valence-electron chi connectivity index (χ3n) is 1.82. The van der Waals surface area contributed by atoms with Crippen molar-refractivity contribution in [3.05, 3.63) is 33.9 Å². The molecule has 18 heavy (non-hydrogen) atoms. The summed E-state index contributed by atoms with van der Waals surface area (Å²) in [5.41, 5.74) is 1.83. The summed E-state index contributed by atoms with van der Waals surface area (Å²) in [5.74, 6) is -0.685. The number of nitrogens with one attached hydrogen (secondary N) is 1. The number of carbonyl (C=O) groups excluding carboxylic acids is 1. The van der Waals surface area contributed by atoms with Gasteiger partial charge in [-0.2, -0.15) is 5.10 Å². The highest BCUT2D eigenvalue weighted by atomic mass is 16.6. The third-order valence-corrected chi connectivity index (χ3v) is 1.82. The number of hydrazone groups is 1. The first kappa shape index (κ1) is 13.4. The van der Waals surface area contributed by atoms with Crippen LogP contribution < -0.4 is 10.5 Å². The van der Waals surface area contributed by atoms with Gasteiger partial charge >= 0.3 is 6.09 Å². The molecule has 0 aliphatic carbocycles. The standard InChI is InChI=1S/C10H11N3O5/c1-2-18-10(15)12-11-6-7-3-4-9(14)8(5-7)13(16)17/h3-6,14H,2H2,1H3,(H,12,15)/p-1/b11-6-. The van der Waals surface area contributed by atoms with Crippen LogP contribution >= 0.6 is 0 Å². The van der Waals surface area contributed by atoms with E-state index in [0.29, 0.717) is 5.56 Å². The molecule has 1 aromatic rings. The number of benzene rings is 1. The summed E-state index contributed by atoms with van der Waals surface area (Å²) in [4.78, 5) is 20.6. The van der Waals surface area contributed by atoms with Gasteiger partial charge in [0.1, 0.15) is 0 Å². The second-order valence-electron chi connectivity index (χ2n) is 3.07. The first-order chi connectivity index (χ1) is 8.54. The molecule has 8 nitrogen and oxygen atoms in total. The molecule has 0 aliphatic rings. The van der Waals surface area contributed by atoms with E-state index in [4.69, 9.17) is 0 Å². The SMILES string of the molecule is CCOC(=O)N/N=C\c1ccc([O-])c([N+](=O)[O-])c1.